The van der Waals surface area contributed by atoms with Crippen molar-refractivity contribution in [3.63, 3.8) is 0 Å². The van der Waals surface area contributed by atoms with E-state index < -0.39 is 12.6 Å². The average Bonchev–Trinajstić information content (AvgIpc) is 1.97. The minimum atomic E-state index is -4.03. The van der Waals surface area contributed by atoms with Crippen LogP contribution < -0.4 is 11.1 Å². The maximum absolute atomic E-state index is 11.7. The van der Waals surface area contributed by atoms with E-state index in [0.717, 1.165) is 6.42 Å². The molecule has 3 N–H and O–H groups in total. The zero-order chi connectivity index (χ0) is 10.3. The van der Waals surface area contributed by atoms with Crippen LogP contribution in [0.5, 0.6) is 0 Å². The van der Waals surface area contributed by atoms with Crippen LogP contribution in [0.2, 0.25) is 0 Å². The minimum absolute atomic E-state index is 0.137. The first-order chi connectivity index (χ1) is 5.95. The summed E-state index contributed by atoms with van der Waals surface area (Å²) in [4.78, 5) is 0. The van der Waals surface area contributed by atoms with Gasteiger partial charge in [0, 0.05) is 12.5 Å². The fourth-order valence-electron chi connectivity index (χ4n) is 0.989. The first-order valence-corrected chi connectivity index (χ1v) is 4.46. The van der Waals surface area contributed by atoms with Gasteiger partial charge in [-0.15, -0.1) is 0 Å². The predicted octanol–water partition coefficient (Wildman–Crippen LogP) is 1.66. The molecule has 0 saturated heterocycles. The van der Waals surface area contributed by atoms with E-state index in [1.54, 1.807) is 0 Å². The van der Waals surface area contributed by atoms with Gasteiger partial charge >= 0.3 is 6.18 Å². The Bertz CT molecular complexity index is 125. The lowest BCUT2D eigenvalue weighted by Gasteiger charge is -2.12. The van der Waals surface area contributed by atoms with E-state index in [2.05, 4.69) is 5.32 Å². The second-order valence-electron chi connectivity index (χ2n) is 3.15. The van der Waals surface area contributed by atoms with E-state index in [-0.39, 0.29) is 12.5 Å². The zero-order valence-corrected chi connectivity index (χ0v) is 7.82. The third-order valence-electron chi connectivity index (χ3n) is 1.73. The molecule has 0 spiro atoms. The summed E-state index contributed by atoms with van der Waals surface area (Å²) < 4.78 is 35.0. The second-order valence-corrected chi connectivity index (χ2v) is 3.15. The van der Waals surface area contributed by atoms with E-state index >= 15 is 0 Å². The van der Waals surface area contributed by atoms with Crippen molar-refractivity contribution in [1.82, 2.24) is 5.32 Å². The van der Waals surface area contributed by atoms with E-state index in [0.29, 0.717) is 13.1 Å². The summed E-state index contributed by atoms with van der Waals surface area (Å²) in [7, 11) is 0. The van der Waals surface area contributed by atoms with Crippen LogP contribution in [0.3, 0.4) is 0 Å². The Morgan fingerprint density at radius 2 is 2.00 bits per heavy atom. The first kappa shape index (κ1) is 12.7. The van der Waals surface area contributed by atoms with E-state index in [1.165, 1.54) is 0 Å². The molecule has 0 bridgehead atoms. The Hall–Kier alpha value is -0.290. The third-order valence-corrected chi connectivity index (χ3v) is 1.73. The molecule has 0 aliphatic carbocycles. The lowest BCUT2D eigenvalue weighted by Crippen LogP contribution is -2.29. The molecule has 5 heteroatoms. The molecule has 13 heavy (non-hydrogen) atoms. The van der Waals surface area contributed by atoms with Gasteiger partial charge in [0.05, 0.1) is 0 Å². The molecule has 0 amide bonds. The summed E-state index contributed by atoms with van der Waals surface area (Å²) in [5.41, 5.74) is 5.28. The monoisotopic (exact) mass is 198 g/mol. The van der Waals surface area contributed by atoms with Crippen molar-refractivity contribution < 1.29 is 13.2 Å². The number of nitrogens with one attached hydrogen (secondary N) is 1. The van der Waals surface area contributed by atoms with Crippen LogP contribution in [0.15, 0.2) is 0 Å². The summed E-state index contributed by atoms with van der Waals surface area (Å²) in [5.74, 6) is 0. The number of hydrogen-bond donors (Lipinski definition) is 2. The molecule has 1 unspecified atom stereocenters. The molecule has 0 aromatic rings. The topological polar surface area (TPSA) is 38.0 Å². The minimum Gasteiger partial charge on any atom is -0.330 e. The molecule has 80 valence electrons. The quantitative estimate of drug-likeness (QED) is 0.637. The summed E-state index contributed by atoms with van der Waals surface area (Å²) in [5, 5.41) is 2.98. The highest BCUT2D eigenvalue weighted by atomic mass is 19.4. The van der Waals surface area contributed by atoms with Crippen molar-refractivity contribution in [2.45, 2.75) is 38.4 Å². The number of nitrogens with two attached hydrogens (primary N) is 1. The normalized spacial score (nSPS) is 14.5. The van der Waals surface area contributed by atoms with Gasteiger partial charge in [-0.1, -0.05) is 0 Å². The molecule has 0 saturated carbocycles. The number of rotatable bonds is 6. The smallest absolute Gasteiger partial charge is 0.330 e. The first-order valence-electron chi connectivity index (χ1n) is 4.46. The summed E-state index contributed by atoms with van der Waals surface area (Å²) >= 11 is 0. The molecule has 1 atom stereocenters. The van der Waals surface area contributed by atoms with E-state index in [4.69, 9.17) is 5.73 Å². The Kier molecular flexibility index (Phi) is 6.07. The zero-order valence-electron chi connectivity index (χ0n) is 7.82. The number of hydrogen-bond acceptors (Lipinski definition) is 2. The van der Waals surface area contributed by atoms with Gasteiger partial charge in [0.2, 0.25) is 0 Å². The van der Waals surface area contributed by atoms with Gasteiger partial charge in [0.1, 0.15) is 0 Å². The van der Waals surface area contributed by atoms with Crippen LogP contribution in [0.1, 0.15) is 26.2 Å². The highest BCUT2D eigenvalue weighted by Crippen LogP contribution is 2.20. The van der Waals surface area contributed by atoms with Crippen LogP contribution in [-0.2, 0) is 0 Å². The molecule has 0 rings (SSSR count). The molecular formula is C8H17F3N2. The van der Waals surface area contributed by atoms with Gasteiger partial charge in [-0.05, 0) is 32.9 Å². The lowest BCUT2D eigenvalue weighted by atomic mass is 10.2. The van der Waals surface area contributed by atoms with Crippen molar-refractivity contribution in [2.75, 3.05) is 13.1 Å². The summed E-state index contributed by atoms with van der Waals surface area (Å²) in [6, 6.07) is 0.207. The Labute approximate surface area is 76.7 Å². The molecule has 0 aromatic carbocycles. The van der Waals surface area contributed by atoms with Gasteiger partial charge in [-0.2, -0.15) is 13.2 Å². The third kappa shape index (κ3) is 9.63. The Morgan fingerprint density at radius 3 is 2.46 bits per heavy atom. The van der Waals surface area contributed by atoms with Gasteiger partial charge in [0.15, 0.2) is 0 Å². The molecule has 0 heterocycles. The highest BCUT2D eigenvalue weighted by Gasteiger charge is 2.25. The van der Waals surface area contributed by atoms with Crippen LogP contribution in [0.4, 0.5) is 13.2 Å². The molecule has 2 nitrogen and oxygen atoms in total. The highest BCUT2D eigenvalue weighted by molar-refractivity contribution is 4.61. The van der Waals surface area contributed by atoms with E-state index in [1.807, 2.05) is 6.92 Å². The molecule has 0 aliphatic rings. The van der Waals surface area contributed by atoms with Crippen LogP contribution in [0, 0.1) is 0 Å². The molecular weight excluding hydrogens is 181 g/mol. The van der Waals surface area contributed by atoms with Crippen molar-refractivity contribution >= 4 is 0 Å². The standard InChI is InChI=1S/C8H17F3N2/c1-7(3-5-12)13-6-2-4-8(9,10)11/h7,13H,2-6,12H2,1H3. The summed E-state index contributed by atoms with van der Waals surface area (Å²) in [6.07, 6.45) is -3.81. The fourth-order valence-corrected chi connectivity index (χ4v) is 0.989. The Balaban J connectivity index is 3.25. The predicted molar refractivity (Wildman–Crippen MR) is 46.4 cm³/mol. The summed E-state index contributed by atoms with van der Waals surface area (Å²) in [6.45, 7) is 2.88. The molecule has 0 fully saturated rings. The maximum atomic E-state index is 11.7. The van der Waals surface area contributed by atoms with E-state index in [9.17, 15) is 13.2 Å². The Morgan fingerprint density at radius 1 is 1.38 bits per heavy atom. The molecule has 0 aliphatic heterocycles. The largest absolute Gasteiger partial charge is 0.389 e. The van der Waals surface area contributed by atoms with Crippen molar-refractivity contribution in [3.8, 4) is 0 Å². The van der Waals surface area contributed by atoms with Crippen LogP contribution in [-0.4, -0.2) is 25.3 Å². The van der Waals surface area contributed by atoms with Gasteiger partial charge in [-0.25, -0.2) is 0 Å². The van der Waals surface area contributed by atoms with Gasteiger partial charge in [-0.3, -0.25) is 0 Å². The SMILES string of the molecule is CC(CCN)NCCCC(F)(F)F. The average molecular weight is 198 g/mol. The fraction of sp³-hybridized carbons (Fsp3) is 1.00. The van der Waals surface area contributed by atoms with Gasteiger partial charge in [0.25, 0.3) is 0 Å². The number of alkyl halides is 3. The molecule has 0 aromatic heterocycles. The second kappa shape index (κ2) is 6.21. The number of halogens is 3. The maximum Gasteiger partial charge on any atom is 0.389 e. The van der Waals surface area contributed by atoms with Crippen LogP contribution in [0.25, 0.3) is 0 Å². The molecule has 0 radical (unpaired) electrons. The van der Waals surface area contributed by atoms with Crippen molar-refractivity contribution in [2.24, 2.45) is 5.73 Å². The lowest BCUT2D eigenvalue weighted by molar-refractivity contribution is -0.135. The van der Waals surface area contributed by atoms with Crippen molar-refractivity contribution in [1.29, 1.82) is 0 Å². The van der Waals surface area contributed by atoms with Crippen LogP contribution >= 0.6 is 0 Å². The van der Waals surface area contributed by atoms with Crippen molar-refractivity contribution in [3.05, 3.63) is 0 Å². The van der Waals surface area contributed by atoms with Gasteiger partial charge < -0.3 is 11.1 Å².